The lowest BCUT2D eigenvalue weighted by Crippen LogP contribution is -2.38. The van der Waals surface area contributed by atoms with Gasteiger partial charge in [0.2, 0.25) is 5.91 Å². The number of amides is 1. The van der Waals surface area contributed by atoms with Gasteiger partial charge in [-0.05, 0) is 12.8 Å². The van der Waals surface area contributed by atoms with E-state index < -0.39 is 0 Å². The van der Waals surface area contributed by atoms with Gasteiger partial charge in [0, 0.05) is 18.4 Å². The summed E-state index contributed by atoms with van der Waals surface area (Å²) < 4.78 is 1.64. The van der Waals surface area contributed by atoms with Crippen LogP contribution in [0, 0.1) is 5.92 Å². The molecule has 0 aliphatic heterocycles. The fourth-order valence-corrected chi connectivity index (χ4v) is 1.26. The number of aliphatic hydroxyl groups is 1. The molecular formula is C11H19N3O2. The monoisotopic (exact) mass is 225 g/mol. The second-order valence-electron chi connectivity index (χ2n) is 4.23. The van der Waals surface area contributed by atoms with Crippen LogP contribution in [0.2, 0.25) is 0 Å². The normalized spacial score (nSPS) is 12.8. The third-order valence-corrected chi connectivity index (χ3v) is 2.65. The zero-order valence-corrected chi connectivity index (χ0v) is 9.97. The maximum atomic E-state index is 11.7. The fraction of sp³-hybridized carbons (Fsp3) is 0.636. The minimum atomic E-state index is -0.153. The van der Waals surface area contributed by atoms with Crippen LogP contribution in [0.3, 0.4) is 0 Å². The van der Waals surface area contributed by atoms with Crippen molar-refractivity contribution in [1.82, 2.24) is 14.9 Å². The van der Waals surface area contributed by atoms with Crippen molar-refractivity contribution >= 4 is 5.91 Å². The van der Waals surface area contributed by atoms with Crippen LogP contribution < -0.4 is 5.32 Å². The van der Waals surface area contributed by atoms with Crippen molar-refractivity contribution in [2.24, 2.45) is 5.92 Å². The number of carbonyl (C=O) groups excluding carboxylic acids is 1. The maximum absolute atomic E-state index is 11.7. The van der Waals surface area contributed by atoms with Crippen molar-refractivity contribution in [2.75, 3.05) is 0 Å². The number of hydrogen-bond acceptors (Lipinski definition) is 3. The van der Waals surface area contributed by atoms with Crippen LogP contribution in [-0.4, -0.2) is 26.6 Å². The molecule has 0 fully saturated rings. The van der Waals surface area contributed by atoms with E-state index >= 15 is 0 Å². The third kappa shape index (κ3) is 3.34. The largest absolute Gasteiger partial charge is 0.388 e. The third-order valence-electron chi connectivity index (χ3n) is 2.65. The van der Waals surface area contributed by atoms with Gasteiger partial charge in [0.1, 0.15) is 19.0 Å². The molecule has 1 heterocycles. The van der Waals surface area contributed by atoms with Crippen LogP contribution in [-0.2, 0) is 17.9 Å². The number of nitrogens with zero attached hydrogens (tertiary/aromatic N) is 2. The molecule has 1 aromatic heterocycles. The summed E-state index contributed by atoms with van der Waals surface area (Å²) in [5, 5.41) is 11.9. The second-order valence-corrected chi connectivity index (χ2v) is 4.23. The van der Waals surface area contributed by atoms with Gasteiger partial charge in [0.15, 0.2) is 0 Å². The molecule has 0 aliphatic carbocycles. The molecule has 0 bridgehead atoms. The molecule has 0 radical (unpaired) electrons. The van der Waals surface area contributed by atoms with E-state index in [1.807, 2.05) is 6.92 Å². The Labute approximate surface area is 95.5 Å². The Morgan fingerprint density at radius 1 is 1.56 bits per heavy atom. The van der Waals surface area contributed by atoms with Crippen molar-refractivity contribution in [1.29, 1.82) is 0 Å². The summed E-state index contributed by atoms with van der Waals surface area (Å²) in [5.74, 6) is 0.852. The molecule has 1 aromatic rings. The van der Waals surface area contributed by atoms with Gasteiger partial charge in [-0.25, -0.2) is 4.98 Å². The van der Waals surface area contributed by atoms with Crippen LogP contribution in [0.4, 0.5) is 0 Å². The van der Waals surface area contributed by atoms with E-state index in [0.717, 1.165) is 0 Å². The smallest absolute Gasteiger partial charge is 0.240 e. The quantitative estimate of drug-likeness (QED) is 0.768. The van der Waals surface area contributed by atoms with Gasteiger partial charge in [0.25, 0.3) is 0 Å². The van der Waals surface area contributed by atoms with Gasteiger partial charge in [-0.2, -0.15) is 0 Å². The zero-order chi connectivity index (χ0) is 12.1. The highest BCUT2D eigenvalue weighted by Gasteiger charge is 2.12. The summed E-state index contributed by atoms with van der Waals surface area (Å²) in [4.78, 5) is 15.6. The summed E-state index contributed by atoms with van der Waals surface area (Å²) in [6.07, 6.45) is 3.26. The number of aliphatic hydroxyl groups excluding tert-OH is 1. The van der Waals surface area contributed by atoms with E-state index in [-0.39, 0.29) is 25.1 Å². The first-order chi connectivity index (χ1) is 7.54. The van der Waals surface area contributed by atoms with E-state index in [1.165, 1.54) is 0 Å². The molecule has 0 spiro atoms. The highest BCUT2D eigenvalue weighted by molar-refractivity contribution is 5.76. The molecule has 2 N–H and O–H groups in total. The molecule has 1 amide bonds. The SMILES string of the molecule is CC(C)C(C)NC(=O)Cn1ccnc1CO. The van der Waals surface area contributed by atoms with Crippen molar-refractivity contribution < 1.29 is 9.90 Å². The zero-order valence-electron chi connectivity index (χ0n) is 9.97. The van der Waals surface area contributed by atoms with E-state index in [4.69, 9.17) is 5.11 Å². The molecule has 5 nitrogen and oxygen atoms in total. The van der Waals surface area contributed by atoms with Crippen molar-refractivity contribution in [2.45, 2.75) is 40.0 Å². The topological polar surface area (TPSA) is 67.2 Å². The first-order valence-corrected chi connectivity index (χ1v) is 5.44. The van der Waals surface area contributed by atoms with Gasteiger partial charge in [-0.1, -0.05) is 13.8 Å². The molecule has 1 atom stereocenters. The molecule has 0 saturated carbocycles. The van der Waals surface area contributed by atoms with Gasteiger partial charge in [-0.15, -0.1) is 0 Å². The molecular weight excluding hydrogens is 206 g/mol. The molecule has 5 heteroatoms. The maximum Gasteiger partial charge on any atom is 0.240 e. The van der Waals surface area contributed by atoms with E-state index in [0.29, 0.717) is 11.7 Å². The first kappa shape index (κ1) is 12.7. The van der Waals surface area contributed by atoms with Gasteiger partial charge < -0.3 is 15.0 Å². The number of carbonyl (C=O) groups is 1. The van der Waals surface area contributed by atoms with Gasteiger partial charge in [0.05, 0.1) is 0 Å². The Kier molecular flexibility index (Phi) is 4.49. The lowest BCUT2D eigenvalue weighted by molar-refractivity contribution is -0.122. The Bertz CT molecular complexity index is 347. The van der Waals surface area contributed by atoms with Crippen LogP contribution in [0.5, 0.6) is 0 Å². The van der Waals surface area contributed by atoms with Gasteiger partial charge in [-0.3, -0.25) is 4.79 Å². The molecule has 0 saturated heterocycles. The Balaban J connectivity index is 2.52. The van der Waals surface area contributed by atoms with Crippen molar-refractivity contribution in [3.8, 4) is 0 Å². The lowest BCUT2D eigenvalue weighted by Gasteiger charge is -2.17. The lowest BCUT2D eigenvalue weighted by atomic mass is 10.1. The second kappa shape index (κ2) is 5.65. The average molecular weight is 225 g/mol. The predicted octanol–water partition coefficient (Wildman–Crippen LogP) is 0.536. The number of rotatable bonds is 5. The molecule has 90 valence electrons. The molecule has 1 rings (SSSR count). The van der Waals surface area contributed by atoms with E-state index in [9.17, 15) is 4.79 Å². The van der Waals surface area contributed by atoms with E-state index in [2.05, 4.69) is 24.1 Å². The van der Waals surface area contributed by atoms with Crippen LogP contribution >= 0.6 is 0 Å². The van der Waals surface area contributed by atoms with Crippen LogP contribution in [0.25, 0.3) is 0 Å². The molecule has 0 aliphatic rings. The Morgan fingerprint density at radius 2 is 2.25 bits per heavy atom. The first-order valence-electron chi connectivity index (χ1n) is 5.44. The number of aromatic nitrogens is 2. The van der Waals surface area contributed by atoms with Crippen molar-refractivity contribution in [3.05, 3.63) is 18.2 Å². The average Bonchev–Trinajstić information content (AvgIpc) is 2.64. The summed E-state index contributed by atoms with van der Waals surface area (Å²) in [6.45, 7) is 6.14. The van der Waals surface area contributed by atoms with E-state index in [1.54, 1.807) is 17.0 Å². The molecule has 16 heavy (non-hydrogen) atoms. The van der Waals surface area contributed by atoms with Crippen LogP contribution in [0.15, 0.2) is 12.4 Å². The highest BCUT2D eigenvalue weighted by atomic mass is 16.3. The number of nitrogens with one attached hydrogen (secondary N) is 1. The summed E-state index contributed by atoms with van der Waals surface area (Å²) in [7, 11) is 0. The summed E-state index contributed by atoms with van der Waals surface area (Å²) in [6, 6.07) is 0.147. The summed E-state index contributed by atoms with van der Waals surface area (Å²) in [5.41, 5.74) is 0. The number of hydrogen-bond donors (Lipinski definition) is 2. The summed E-state index contributed by atoms with van der Waals surface area (Å²) >= 11 is 0. The molecule has 1 unspecified atom stereocenters. The van der Waals surface area contributed by atoms with Gasteiger partial charge >= 0.3 is 0 Å². The minimum absolute atomic E-state index is 0.0612. The molecule has 0 aromatic carbocycles. The minimum Gasteiger partial charge on any atom is -0.388 e. The van der Waals surface area contributed by atoms with Crippen LogP contribution in [0.1, 0.15) is 26.6 Å². The predicted molar refractivity (Wildman–Crippen MR) is 60.6 cm³/mol. The fourth-order valence-electron chi connectivity index (χ4n) is 1.26. The Hall–Kier alpha value is -1.36. The van der Waals surface area contributed by atoms with Crippen molar-refractivity contribution in [3.63, 3.8) is 0 Å². The highest BCUT2D eigenvalue weighted by Crippen LogP contribution is 2.01. The Morgan fingerprint density at radius 3 is 2.81 bits per heavy atom. The number of imidazole rings is 1. The standard InChI is InChI=1S/C11H19N3O2/c1-8(2)9(3)13-11(16)6-14-5-4-12-10(14)7-15/h4-5,8-9,15H,6-7H2,1-3H3,(H,13,16).